The van der Waals surface area contributed by atoms with Crippen molar-refractivity contribution in [3.63, 3.8) is 0 Å². The van der Waals surface area contributed by atoms with E-state index < -0.39 is 0 Å². The lowest BCUT2D eigenvalue weighted by atomic mass is 10.2. The number of methoxy groups -OCH3 is 1. The van der Waals surface area contributed by atoms with Crippen LogP contribution in [0.3, 0.4) is 0 Å². The van der Waals surface area contributed by atoms with Gasteiger partial charge in [-0.05, 0) is 18.2 Å². The average Bonchev–Trinajstić information content (AvgIpc) is 3.05. The normalized spacial score (nSPS) is 14.7. The van der Waals surface area contributed by atoms with Gasteiger partial charge >= 0.3 is 0 Å². The Kier molecular flexibility index (Phi) is 4.38. The molecule has 0 bridgehead atoms. The van der Waals surface area contributed by atoms with E-state index in [4.69, 9.17) is 10.5 Å². The number of hydrogen-bond acceptors (Lipinski definition) is 6. The fourth-order valence-electron chi connectivity index (χ4n) is 3.30. The van der Waals surface area contributed by atoms with Crippen molar-refractivity contribution in [3.05, 3.63) is 47.5 Å². The van der Waals surface area contributed by atoms with E-state index in [1.165, 1.54) is 17.0 Å². The minimum absolute atomic E-state index is 0.0275. The highest BCUT2D eigenvalue weighted by molar-refractivity contribution is 7.21. The molecule has 0 unspecified atom stereocenters. The molecule has 0 spiro atoms. The molecule has 1 aliphatic heterocycles. The van der Waals surface area contributed by atoms with Gasteiger partial charge in [0, 0.05) is 38.1 Å². The Hall–Kier alpha value is -2.80. The Bertz CT molecular complexity index is 933. The maximum atomic E-state index is 13.0. The number of rotatable bonds is 3. The summed E-state index contributed by atoms with van der Waals surface area (Å²) in [5.41, 5.74) is 7.93. The molecule has 3 heterocycles. The zero-order valence-electron chi connectivity index (χ0n) is 14.5. The van der Waals surface area contributed by atoms with E-state index >= 15 is 0 Å². The van der Waals surface area contributed by atoms with Crippen LogP contribution in [0.25, 0.3) is 10.2 Å². The maximum Gasteiger partial charge on any atom is 0.266 e. The molecule has 0 radical (unpaired) electrons. The van der Waals surface area contributed by atoms with E-state index in [2.05, 4.69) is 22.0 Å². The molecular formula is C19H20N4O2S. The summed E-state index contributed by atoms with van der Waals surface area (Å²) in [6.07, 6.45) is 1.67. The van der Waals surface area contributed by atoms with Crippen LogP contribution in [-0.2, 0) is 0 Å². The molecule has 0 saturated carbocycles. The molecule has 2 aromatic heterocycles. The third-order valence-corrected chi connectivity index (χ3v) is 5.79. The largest absolute Gasteiger partial charge is 0.496 e. The minimum Gasteiger partial charge on any atom is -0.496 e. The van der Waals surface area contributed by atoms with Crippen LogP contribution in [0.2, 0.25) is 0 Å². The molecule has 26 heavy (non-hydrogen) atoms. The van der Waals surface area contributed by atoms with Gasteiger partial charge in [-0.3, -0.25) is 4.79 Å². The molecule has 0 atom stereocenters. The van der Waals surface area contributed by atoms with Crippen LogP contribution in [0.5, 0.6) is 5.75 Å². The van der Waals surface area contributed by atoms with Crippen LogP contribution in [0.1, 0.15) is 9.67 Å². The number of piperazine rings is 1. The SMILES string of the molecule is COc1ccnc2sc(C(=O)N3CCN(c4ccccc4)CC3)c(N)c12. The van der Waals surface area contributed by atoms with E-state index in [9.17, 15) is 4.79 Å². The molecule has 1 aromatic carbocycles. The number of anilines is 2. The fourth-order valence-corrected chi connectivity index (χ4v) is 4.34. The fraction of sp³-hybridized carbons (Fsp3) is 0.263. The molecule has 0 aliphatic carbocycles. The molecule has 4 rings (SSSR count). The molecular weight excluding hydrogens is 348 g/mol. The van der Waals surface area contributed by atoms with Crippen LogP contribution in [0.4, 0.5) is 11.4 Å². The quantitative estimate of drug-likeness (QED) is 0.770. The molecule has 1 saturated heterocycles. The summed E-state index contributed by atoms with van der Waals surface area (Å²) in [4.78, 5) is 22.8. The molecule has 1 fully saturated rings. The van der Waals surface area contributed by atoms with Gasteiger partial charge in [-0.15, -0.1) is 11.3 Å². The lowest BCUT2D eigenvalue weighted by Crippen LogP contribution is -2.48. The van der Waals surface area contributed by atoms with Crippen LogP contribution in [0.15, 0.2) is 42.6 Å². The summed E-state index contributed by atoms with van der Waals surface area (Å²) < 4.78 is 5.37. The van der Waals surface area contributed by atoms with Gasteiger partial charge in [0.1, 0.15) is 15.5 Å². The Balaban J connectivity index is 1.54. The van der Waals surface area contributed by atoms with E-state index in [-0.39, 0.29) is 5.91 Å². The summed E-state index contributed by atoms with van der Waals surface area (Å²) in [5, 5.41) is 0.728. The summed E-state index contributed by atoms with van der Waals surface area (Å²) >= 11 is 1.33. The number of aromatic nitrogens is 1. The number of hydrogen-bond donors (Lipinski definition) is 1. The Morgan fingerprint density at radius 1 is 1.15 bits per heavy atom. The van der Waals surface area contributed by atoms with Crippen molar-refractivity contribution in [1.82, 2.24) is 9.88 Å². The molecule has 1 amide bonds. The van der Waals surface area contributed by atoms with Crippen LogP contribution >= 0.6 is 11.3 Å². The second-order valence-corrected chi connectivity index (χ2v) is 7.15. The molecule has 134 valence electrons. The van der Waals surface area contributed by atoms with Crippen LogP contribution in [0, 0.1) is 0 Å². The van der Waals surface area contributed by atoms with E-state index in [0.29, 0.717) is 29.4 Å². The Morgan fingerprint density at radius 2 is 1.88 bits per heavy atom. The lowest BCUT2D eigenvalue weighted by molar-refractivity contribution is 0.0752. The number of para-hydroxylation sites is 1. The molecule has 2 N–H and O–H groups in total. The van der Waals surface area contributed by atoms with Crippen molar-refractivity contribution in [3.8, 4) is 5.75 Å². The monoisotopic (exact) mass is 368 g/mol. The standard InChI is InChI=1S/C19H20N4O2S/c1-25-14-7-8-21-18-15(14)16(20)17(26-18)19(24)23-11-9-22(10-12-23)13-5-3-2-4-6-13/h2-8H,9-12,20H2,1H3. The van der Waals surface area contributed by atoms with Gasteiger partial charge in [0.25, 0.3) is 5.91 Å². The number of pyridine rings is 1. The number of carbonyl (C=O) groups excluding carboxylic acids is 1. The predicted molar refractivity (Wildman–Crippen MR) is 105 cm³/mol. The second kappa shape index (κ2) is 6.84. The topological polar surface area (TPSA) is 71.7 Å². The Morgan fingerprint density at radius 3 is 2.58 bits per heavy atom. The molecule has 3 aromatic rings. The highest BCUT2D eigenvalue weighted by atomic mass is 32.1. The summed E-state index contributed by atoms with van der Waals surface area (Å²) in [5.74, 6) is 0.622. The van der Waals surface area contributed by atoms with Gasteiger partial charge in [-0.25, -0.2) is 4.98 Å². The average molecular weight is 368 g/mol. The summed E-state index contributed by atoms with van der Waals surface area (Å²) in [6, 6.07) is 12.0. The van der Waals surface area contributed by atoms with Crippen molar-refractivity contribution >= 4 is 38.8 Å². The van der Waals surface area contributed by atoms with Gasteiger partial charge in [-0.1, -0.05) is 18.2 Å². The molecule has 1 aliphatic rings. The van der Waals surface area contributed by atoms with Crippen molar-refractivity contribution in [2.75, 3.05) is 43.9 Å². The number of nitrogens with two attached hydrogens (primary N) is 1. The zero-order chi connectivity index (χ0) is 18.1. The van der Waals surface area contributed by atoms with Crippen LogP contribution < -0.4 is 15.4 Å². The predicted octanol–water partition coefficient (Wildman–Crippen LogP) is 2.85. The van der Waals surface area contributed by atoms with Crippen molar-refractivity contribution in [2.45, 2.75) is 0 Å². The maximum absolute atomic E-state index is 13.0. The highest BCUT2D eigenvalue weighted by Crippen LogP contribution is 2.38. The van der Waals surface area contributed by atoms with Crippen molar-refractivity contribution in [1.29, 1.82) is 0 Å². The van der Waals surface area contributed by atoms with Crippen molar-refractivity contribution in [2.24, 2.45) is 0 Å². The highest BCUT2D eigenvalue weighted by Gasteiger charge is 2.27. The van der Waals surface area contributed by atoms with Gasteiger partial charge in [0.15, 0.2) is 0 Å². The number of nitrogen functional groups attached to an aromatic ring is 1. The van der Waals surface area contributed by atoms with Gasteiger partial charge in [-0.2, -0.15) is 0 Å². The number of amides is 1. The van der Waals surface area contributed by atoms with E-state index in [1.807, 2.05) is 23.1 Å². The van der Waals surface area contributed by atoms with Gasteiger partial charge in [0.05, 0.1) is 18.2 Å². The first-order valence-electron chi connectivity index (χ1n) is 8.49. The van der Waals surface area contributed by atoms with Crippen LogP contribution in [-0.4, -0.2) is 49.1 Å². The third kappa shape index (κ3) is 2.84. The summed E-state index contributed by atoms with van der Waals surface area (Å²) in [6.45, 7) is 2.96. The molecule has 7 heteroatoms. The number of ether oxygens (including phenoxy) is 1. The second-order valence-electron chi connectivity index (χ2n) is 6.15. The first-order valence-corrected chi connectivity index (χ1v) is 9.31. The van der Waals surface area contributed by atoms with Gasteiger partial charge < -0.3 is 20.3 Å². The first kappa shape index (κ1) is 16.7. The zero-order valence-corrected chi connectivity index (χ0v) is 15.3. The lowest BCUT2D eigenvalue weighted by Gasteiger charge is -2.36. The minimum atomic E-state index is -0.0275. The number of carbonyl (C=O) groups is 1. The van der Waals surface area contributed by atoms with E-state index in [0.717, 1.165) is 23.3 Å². The number of nitrogens with zero attached hydrogens (tertiary/aromatic N) is 3. The Labute approximate surface area is 155 Å². The van der Waals surface area contributed by atoms with E-state index in [1.54, 1.807) is 19.4 Å². The number of fused-ring (bicyclic) bond motifs is 1. The first-order chi connectivity index (χ1) is 12.7. The summed E-state index contributed by atoms with van der Waals surface area (Å²) in [7, 11) is 1.59. The number of benzene rings is 1. The number of thiophene rings is 1. The smallest absolute Gasteiger partial charge is 0.266 e. The molecule has 6 nitrogen and oxygen atoms in total. The van der Waals surface area contributed by atoms with Crippen molar-refractivity contribution < 1.29 is 9.53 Å². The van der Waals surface area contributed by atoms with Gasteiger partial charge in [0.2, 0.25) is 0 Å². The third-order valence-electron chi connectivity index (χ3n) is 4.69.